The summed E-state index contributed by atoms with van der Waals surface area (Å²) in [7, 11) is 0. The van der Waals surface area contributed by atoms with E-state index in [9.17, 15) is 4.79 Å². The lowest BCUT2D eigenvalue weighted by molar-refractivity contribution is 0.133. The molecule has 1 fully saturated rings. The van der Waals surface area contributed by atoms with Crippen LogP contribution in [0, 0.1) is 0 Å². The maximum atomic E-state index is 11.6. The number of alkyl carbamates (subject to hydrolysis) is 1. The number of ether oxygens (including phenoxy) is 1. The summed E-state index contributed by atoms with van der Waals surface area (Å²) >= 11 is 5.85. The number of carbonyl (C=O) groups is 1. The Bertz CT molecular complexity index is 406. The first-order valence-electron chi connectivity index (χ1n) is 6.12. The van der Waals surface area contributed by atoms with E-state index in [1.807, 2.05) is 12.1 Å². The molecule has 0 aliphatic carbocycles. The number of hydrogen-bond acceptors (Lipinski definition) is 3. The maximum absolute atomic E-state index is 11.6. The lowest BCUT2D eigenvalue weighted by atomic mass is 10.1. The summed E-state index contributed by atoms with van der Waals surface area (Å²) in [6.07, 6.45) is 1.54. The van der Waals surface area contributed by atoms with Crippen molar-refractivity contribution in [2.24, 2.45) is 0 Å². The molecule has 1 saturated heterocycles. The molecular formula is C13H17ClN2O2. The minimum Gasteiger partial charge on any atom is -0.445 e. The Kier molecular flexibility index (Phi) is 4.84. The van der Waals surface area contributed by atoms with Gasteiger partial charge in [0.05, 0.1) is 0 Å². The first-order valence-corrected chi connectivity index (χ1v) is 6.50. The zero-order valence-corrected chi connectivity index (χ0v) is 10.9. The molecule has 0 bridgehead atoms. The summed E-state index contributed by atoms with van der Waals surface area (Å²) in [6.45, 7) is 2.13. The Morgan fingerprint density at radius 1 is 1.44 bits per heavy atom. The third-order valence-electron chi connectivity index (χ3n) is 2.92. The molecule has 1 aromatic carbocycles. The first kappa shape index (κ1) is 13.2. The van der Waals surface area contributed by atoms with Gasteiger partial charge in [0.25, 0.3) is 0 Å². The van der Waals surface area contributed by atoms with Crippen molar-refractivity contribution in [3.63, 3.8) is 0 Å². The molecule has 0 unspecified atom stereocenters. The standard InChI is InChI=1S/C13H17ClN2O2/c14-11-3-1-2-10(8-11)9-18-13(17)16-12-4-6-15-7-5-12/h1-3,8,12,15H,4-7,9H2,(H,16,17). The van der Waals surface area contributed by atoms with Crippen LogP contribution in [0.2, 0.25) is 5.02 Å². The van der Waals surface area contributed by atoms with Crippen molar-refractivity contribution in [2.75, 3.05) is 13.1 Å². The van der Waals surface area contributed by atoms with Crippen molar-refractivity contribution in [1.82, 2.24) is 10.6 Å². The van der Waals surface area contributed by atoms with E-state index in [2.05, 4.69) is 10.6 Å². The fourth-order valence-corrected chi connectivity index (χ4v) is 2.16. The Morgan fingerprint density at radius 2 is 2.22 bits per heavy atom. The van der Waals surface area contributed by atoms with E-state index < -0.39 is 0 Å². The smallest absolute Gasteiger partial charge is 0.407 e. The molecular weight excluding hydrogens is 252 g/mol. The van der Waals surface area contributed by atoms with Crippen molar-refractivity contribution >= 4 is 17.7 Å². The number of hydrogen-bond donors (Lipinski definition) is 2. The Morgan fingerprint density at radius 3 is 2.94 bits per heavy atom. The van der Waals surface area contributed by atoms with Gasteiger partial charge in [-0.3, -0.25) is 0 Å². The van der Waals surface area contributed by atoms with Gasteiger partial charge in [-0.05, 0) is 43.6 Å². The zero-order chi connectivity index (χ0) is 12.8. The molecule has 0 spiro atoms. The molecule has 1 aromatic rings. The molecule has 0 radical (unpaired) electrons. The predicted molar refractivity (Wildman–Crippen MR) is 70.7 cm³/mol. The summed E-state index contributed by atoms with van der Waals surface area (Å²) in [5, 5.41) is 6.76. The quantitative estimate of drug-likeness (QED) is 0.885. The fourth-order valence-electron chi connectivity index (χ4n) is 1.95. The average Bonchev–Trinajstić information content (AvgIpc) is 2.38. The highest BCUT2D eigenvalue weighted by molar-refractivity contribution is 6.30. The third-order valence-corrected chi connectivity index (χ3v) is 3.16. The van der Waals surface area contributed by atoms with Crippen LogP contribution in [0.1, 0.15) is 18.4 Å². The largest absolute Gasteiger partial charge is 0.445 e. The molecule has 1 amide bonds. The van der Waals surface area contributed by atoms with Crippen molar-refractivity contribution in [3.05, 3.63) is 34.9 Å². The lowest BCUT2D eigenvalue weighted by Crippen LogP contribution is -2.42. The normalized spacial score (nSPS) is 16.3. The Hall–Kier alpha value is -1.26. The topological polar surface area (TPSA) is 50.4 Å². The molecule has 2 rings (SSSR count). The molecule has 0 aromatic heterocycles. The molecule has 1 aliphatic heterocycles. The minimum absolute atomic E-state index is 0.220. The summed E-state index contributed by atoms with van der Waals surface area (Å²) in [5.41, 5.74) is 0.892. The average molecular weight is 269 g/mol. The van der Waals surface area contributed by atoms with Crippen molar-refractivity contribution in [2.45, 2.75) is 25.5 Å². The SMILES string of the molecule is O=C(NC1CCNCC1)OCc1cccc(Cl)c1. The van der Waals surface area contributed by atoms with Crippen LogP contribution < -0.4 is 10.6 Å². The second-order valence-corrected chi connectivity index (χ2v) is 4.81. The summed E-state index contributed by atoms with van der Waals surface area (Å²) < 4.78 is 5.16. The number of benzene rings is 1. The van der Waals surface area contributed by atoms with E-state index in [0.717, 1.165) is 31.5 Å². The molecule has 2 N–H and O–H groups in total. The van der Waals surface area contributed by atoms with E-state index in [1.165, 1.54) is 0 Å². The van der Waals surface area contributed by atoms with E-state index in [0.29, 0.717) is 5.02 Å². The van der Waals surface area contributed by atoms with Gasteiger partial charge in [-0.25, -0.2) is 4.79 Å². The molecule has 1 aliphatic rings. The molecule has 0 saturated carbocycles. The van der Waals surface area contributed by atoms with Crippen LogP contribution in [0.25, 0.3) is 0 Å². The lowest BCUT2D eigenvalue weighted by Gasteiger charge is -2.23. The Labute approximate surface area is 112 Å². The summed E-state index contributed by atoms with van der Waals surface area (Å²) in [5.74, 6) is 0. The minimum atomic E-state index is -0.359. The van der Waals surface area contributed by atoms with Gasteiger partial charge < -0.3 is 15.4 Å². The summed E-state index contributed by atoms with van der Waals surface area (Å²) in [6, 6.07) is 7.52. The molecule has 5 heteroatoms. The van der Waals surface area contributed by atoms with E-state index in [-0.39, 0.29) is 18.7 Å². The van der Waals surface area contributed by atoms with Crippen molar-refractivity contribution < 1.29 is 9.53 Å². The van der Waals surface area contributed by atoms with Gasteiger partial charge in [-0.2, -0.15) is 0 Å². The van der Waals surface area contributed by atoms with Gasteiger partial charge in [0, 0.05) is 11.1 Å². The fraction of sp³-hybridized carbons (Fsp3) is 0.462. The highest BCUT2D eigenvalue weighted by Gasteiger charge is 2.15. The number of amides is 1. The summed E-state index contributed by atoms with van der Waals surface area (Å²) in [4.78, 5) is 11.6. The van der Waals surface area contributed by atoms with Gasteiger partial charge in [0.15, 0.2) is 0 Å². The van der Waals surface area contributed by atoms with Crippen LogP contribution in [0.15, 0.2) is 24.3 Å². The molecule has 98 valence electrons. The van der Waals surface area contributed by atoms with Gasteiger partial charge in [-0.1, -0.05) is 23.7 Å². The van der Waals surface area contributed by atoms with Crippen molar-refractivity contribution in [3.8, 4) is 0 Å². The molecule has 1 heterocycles. The van der Waals surface area contributed by atoms with Gasteiger partial charge in [-0.15, -0.1) is 0 Å². The number of carbonyl (C=O) groups excluding carboxylic acids is 1. The second-order valence-electron chi connectivity index (χ2n) is 4.37. The highest BCUT2D eigenvalue weighted by atomic mass is 35.5. The first-order chi connectivity index (χ1) is 8.74. The van der Waals surface area contributed by atoms with E-state index >= 15 is 0 Å². The molecule has 4 nitrogen and oxygen atoms in total. The van der Waals surface area contributed by atoms with E-state index in [4.69, 9.17) is 16.3 Å². The van der Waals surface area contributed by atoms with E-state index in [1.54, 1.807) is 12.1 Å². The van der Waals surface area contributed by atoms with Gasteiger partial charge in [0.2, 0.25) is 0 Å². The number of rotatable bonds is 3. The third kappa shape index (κ3) is 4.20. The van der Waals surface area contributed by atoms with Crippen LogP contribution in [0.5, 0.6) is 0 Å². The van der Waals surface area contributed by atoms with Crippen LogP contribution in [-0.2, 0) is 11.3 Å². The van der Waals surface area contributed by atoms with Gasteiger partial charge in [0.1, 0.15) is 6.61 Å². The highest BCUT2D eigenvalue weighted by Crippen LogP contribution is 2.11. The molecule has 0 atom stereocenters. The van der Waals surface area contributed by atoms with Gasteiger partial charge >= 0.3 is 6.09 Å². The number of nitrogens with one attached hydrogen (secondary N) is 2. The van der Waals surface area contributed by atoms with Crippen molar-refractivity contribution in [1.29, 1.82) is 0 Å². The Balaban J connectivity index is 1.74. The number of halogens is 1. The van der Waals surface area contributed by atoms with Crippen LogP contribution in [0.4, 0.5) is 4.79 Å². The van der Waals surface area contributed by atoms with Crippen LogP contribution >= 0.6 is 11.6 Å². The number of piperidine rings is 1. The maximum Gasteiger partial charge on any atom is 0.407 e. The monoisotopic (exact) mass is 268 g/mol. The zero-order valence-electron chi connectivity index (χ0n) is 10.1. The molecule has 18 heavy (non-hydrogen) atoms. The van der Waals surface area contributed by atoms with Crippen LogP contribution in [0.3, 0.4) is 0 Å². The van der Waals surface area contributed by atoms with Crippen LogP contribution in [-0.4, -0.2) is 25.2 Å². The second kappa shape index (κ2) is 6.61. The predicted octanol–water partition coefficient (Wildman–Crippen LogP) is 2.32.